The number of aliphatic hydroxyl groups is 1. The Bertz CT molecular complexity index is 378. The lowest BCUT2D eigenvalue weighted by molar-refractivity contribution is -0.152. The Kier molecular flexibility index (Phi) is 5.78. The summed E-state index contributed by atoms with van der Waals surface area (Å²) in [6.45, 7) is 0.0818. The molecule has 0 saturated carbocycles. The molecule has 0 aromatic rings. The van der Waals surface area contributed by atoms with Gasteiger partial charge in [0.05, 0.1) is 20.3 Å². The zero-order valence-electron chi connectivity index (χ0n) is 11.3. The lowest BCUT2D eigenvalue weighted by atomic mass is 10.0. The maximum Gasteiger partial charge on any atom is 0.376 e. The molecule has 1 N–H and O–H groups in total. The summed E-state index contributed by atoms with van der Waals surface area (Å²) in [5, 5.41) is 10.2. The summed E-state index contributed by atoms with van der Waals surface area (Å²) in [5.74, 6) is -1.46. The smallest absolute Gasteiger partial charge is 0.376 e. The van der Waals surface area contributed by atoms with Gasteiger partial charge in [-0.05, 0) is 19.3 Å². The molecule has 0 spiro atoms. The average molecular weight is 273 g/mol. The Morgan fingerprint density at radius 2 is 1.89 bits per heavy atom. The third-order valence-corrected chi connectivity index (χ3v) is 2.91. The molecule has 0 saturated heterocycles. The standard InChI is InChI=1S/C12H19NO6/c1-13-8(6-4-5-7-14)9(11(15)17-2)10(19-13)12(16)18-3/h8,14H,4-7H2,1-3H3/t8-/m1/s1. The van der Waals surface area contributed by atoms with E-state index in [1.807, 2.05) is 0 Å². The molecule has 1 heterocycles. The second kappa shape index (κ2) is 7.10. The van der Waals surface area contributed by atoms with Gasteiger partial charge < -0.3 is 19.4 Å². The summed E-state index contributed by atoms with van der Waals surface area (Å²) < 4.78 is 9.27. The number of hydroxylamine groups is 2. The molecule has 0 aliphatic carbocycles. The summed E-state index contributed by atoms with van der Waals surface area (Å²) >= 11 is 0. The summed E-state index contributed by atoms with van der Waals surface area (Å²) in [4.78, 5) is 28.6. The number of aliphatic hydroxyl groups excluding tert-OH is 1. The molecule has 0 bridgehead atoms. The van der Waals surface area contributed by atoms with Gasteiger partial charge in [-0.25, -0.2) is 9.59 Å². The quantitative estimate of drug-likeness (QED) is 0.538. The number of ether oxygens (including phenoxy) is 2. The molecule has 0 aromatic carbocycles. The van der Waals surface area contributed by atoms with Gasteiger partial charge in [0.15, 0.2) is 0 Å². The van der Waals surface area contributed by atoms with Crippen LogP contribution in [0.2, 0.25) is 0 Å². The van der Waals surface area contributed by atoms with Gasteiger partial charge in [-0.15, -0.1) is 5.06 Å². The molecule has 0 unspecified atom stereocenters. The van der Waals surface area contributed by atoms with E-state index >= 15 is 0 Å². The van der Waals surface area contributed by atoms with E-state index in [0.29, 0.717) is 19.3 Å². The van der Waals surface area contributed by atoms with E-state index in [1.54, 1.807) is 7.05 Å². The Labute approximate surface area is 111 Å². The van der Waals surface area contributed by atoms with E-state index in [4.69, 9.17) is 9.94 Å². The van der Waals surface area contributed by atoms with Crippen LogP contribution in [0.5, 0.6) is 0 Å². The first kappa shape index (κ1) is 15.5. The maximum absolute atomic E-state index is 11.8. The predicted molar refractivity (Wildman–Crippen MR) is 64.6 cm³/mol. The van der Waals surface area contributed by atoms with E-state index in [0.717, 1.165) is 0 Å². The largest absolute Gasteiger partial charge is 0.466 e. The summed E-state index contributed by atoms with van der Waals surface area (Å²) in [5.41, 5.74) is 0.162. The van der Waals surface area contributed by atoms with Crippen LogP contribution in [0.4, 0.5) is 0 Å². The number of carbonyl (C=O) groups excluding carboxylic acids is 2. The van der Waals surface area contributed by atoms with Crippen LogP contribution in [0.15, 0.2) is 11.3 Å². The Morgan fingerprint density at radius 1 is 1.26 bits per heavy atom. The van der Waals surface area contributed by atoms with Crippen molar-refractivity contribution in [2.75, 3.05) is 27.9 Å². The second-order valence-electron chi connectivity index (χ2n) is 4.10. The topological polar surface area (TPSA) is 85.3 Å². The van der Waals surface area contributed by atoms with E-state index < -0.39 is 11.9 Å². The van der Waals surface area contributed by atoms with Gasteiger partial charge in [-0.1, -0.05) is 0 Å². The lowest BCUT2D eigenvalue weighted by Crippen LogP contribution is -2.29. The number of esters is 2. The number of hydrogen-bond acceptors (Lipinski definition) is 7. The van der Waals surface area contributed by atoms with Gasteiger partial charge in [-0.2, -0.15) is 0 Å². The number of unbranched alkanes of at least 4 members (excludes halogenated alkanes) is 1. The summed E-state index contributed by atoms with van der Waals surface area (Å²) in [6, 6.07) is -0.381. The van der Waals surface area contributed by atoms with Crippen molar-refractivity contribution in [1.82, 2.24) is 5.06 Å². The normalized spacial score (nSPS) is 19.3. The third-order valence-electron chi connectivity index (χ3n) is 2.91. The number of methoxy groups -OCH3 is 2. The zero-order chi connectivity index (χ0) is 14.4. The minimum absolute atomic E-state index is 0.0818. The van der Waals surface area contributed by atoms with Crippen LogP contribution in [0.25, 0.3) is 0 Å². The first-order chi connectivity index (χ1) is 9.06. The van der Waals surface area contributed by atoms with Crippen molar-refractivity contribution in [3.05, 3.63) is 11.3 Å². The van der Waals surface area contributed by atoms with Crippen LogP contribution in [0.3, 0.4) is 0 Å². The first-order valence-corrected chi connectivity index (χ1v) is 5.99. The Hall–Kier alpha value is -1.60. The minimum atomic E-state index is -0.711. The van der Waals surface area contributed by atoms with Crippen molar-refractivity contribution >= 4 is 11.9 Å². The van der Waals surface area contributed by atoms with Gasteiger partial charge in [0, 0.05) is 13.7 Å². The van der Waals surface area contributed by atoms with E-state index in [1.165, 1.54) is 19.3 Å². The highest BCUT2D eigenvalue weighted by Crippen LogP contribution is 2.29. The molecule has 1 aliphatic heterocycles. The van der Waals surface area contributed by atoms with Crippen molar-refractivity contribution in [1.29, 1.82) is 0 Å². The zero-order valence-corrected chi connectivity index (χ0v) is 11.3. The number of carbonyl (C=O) groups is 2. The van der Waals surface area contributed by atoms with Gasteiger partial charge in [0.1, 0.15) is 5.57 Å². The molecule has 0 aromatic heterocycles. The Morgan fingerprint density at radius 3 is 2.42 bits per heavy atom. The van der Waals surface area contributed by atoms with Crippen LogP contribution in [-0.2, 0) is 23.9 Å². The van der Waals surface area contributed by atoms with Gasteiger partial charge in [0.25, 0.3) is 0 Å². The summed E-state index contributed by atoms with van der Waals surface area (Å²) in [6.07, 6.45) is 1.89. The fourth-order valence-corrected chi connectivity index (χ4v) is 1.94. The van der Waals surface area contributed by atoms with Crippen molar-refractivity contribution in [3.8, 4) is 0 Å². The molecular weight excluding hydrogens is 254 g/mol. The van der Waals surface area contributed by atoms with E-state index in [9.17, 15) is 9.59 Å². The SMILES string of the molecule is COC(=O)C1=C(C(=O)OC)[C@@H](CCCCO)N(C)O1. The van der Waals surface area contributed by atoms with Crippen molar-refractivity contribution in [2.24, 2.45) is 0 Å². The van der Waals surface area contributed by atoms with Crippen LogP contribution >= 0.6 is 0 Å². The van der Waals surface area contributed by atoms with E-state index in [-0.39, 0.29) is 24.0 Å². The highest BCUT2D eigenvalue weighted by Gasteiger charge is 2.40. The van der Waals surface area contributed by atoms with Crippen LogP contribution in [-0.4, -0.2) is 56.0 Å². The highest BCUT2D eigenvalue weighted by atomic mass is 16.7. The van der Waals surface area contributed by atoms with Crippen LogP contribution in [0, 0.1) is 0 Å². The predicted octanol–water partition coefficient (Wildman–Crippen LogP) is -0.00530. The number of rotatable bonds is 6. The molecule has 0 fully saturated rings. The molecule has 108 valence electrons. The first-order valence-electron chi connectivity index (χ1n) is 5.99. The molecule has 1 rings (SSSR count). The lowest BCUT2D eigenvalue weighted by Gasteiger charge is -2.19. The number of hydrogen-bond donors (Lipinski definition) is 1. The van der Waals surface area contributed by atoms with Gasteiger partial charge >= 0.3 is 11.9 Å². The van der Waals surface area contributed by atoms with Crippen LogP contribution < -0.4 is 0 Å². The number of nitrogens with zero attached hydrogens (tertiary/aromatic N) is 1. The Balaban J connectivity index is 2.96. The molecule has 0 radical (unpaired) electrons. The molecule has 19 heavy (non-hydrogen) atoms. The third kappa shape index (κ3) is 3.45. The van der Waals surface area contributed by atoms with Gasteiger partial charge in [-0.3, -0.25) is 0 Å². The minimum Gasteiger partial charge on any atom is -0.466 e. The average Bonchev–Trinajstić information content (AvgIpc) is 2.74. The van der Waals surface area contributed by atoms with E-state index in [2.05, 4.69) is 9.47 Å². The molecule has 0 amide bonds. The molecule has 1 atom stereocenters. The maximum atomic E-state index is 11.8. The summed E-state index contributed by atoms with van der Waals surface area (Å²) in [7, 11) is 4.09. The molecular formula is C12H19NO6. The van der Waals surface area contributed by atoms with Crippen molar-refractivity contribution in [3.63, 3.8) is 0 Å². The highest BCUT2D eigenvalue weighted by molar-refractivity contribution is 6.00. The second-order valence-corrected chi connectivity index (χ2v) is 4.10. The van der Waals surface area contributed by atoms with Crippen molar-refractivity contribution < 1.29 is 29.0 Å². The monoisotopic (exact) mass is 273 g/mol. The molecule has 7 heteroatoms. The molecule has 1 aliphatic rings. The van der Waals surface area contributed by atoms with Crippen molar-refractivity contribution in [2.45, 2.75) is 25.3 Å². The molecule has 7 nitrogen and oxygen atoms in total. The number of likely N-dealkylation sites (N-methyl/N-ethyl adjacent to an activating group) is 1. The van der Waals surface area contributed by atoms with Crippen LogP contribution in [0.1, 0.15) is 19.3 Å². The fraction of sp³-hybridized carbons (Fsp3) is 0.667. The van der Waals surface area contributed by atoms with Gasteiger partial charge in [0.2, 0.25) is 5.76 Å². The fourth-order valence-electron chi connectivity index (χ4n) is 1.94.